The molecule has 2 saturated carbocycles. The molecule has 5 atom stereocenters. The summed E-state index contributed by atoms with van der Waals surface area (Å²) in [7, 11) is -6.04. The molecule has 280 valence electrons. The molecular formula is C37H34F5NO8SU. The molecule has 1 N–H and O–H groups in total. The summed E-state index contributed by atoms with van der Waals surface area (Å²) in [6.45, 7) is 0.378. The number of carbonyl (C=O) groups is 3. The van der Waals surface area contributed by atoms with Crippen LogP contribution in [-0.4, -0.2) is 66.0 Å². The first-order valence-corrected chi connectivity index (χ1v) is 17.8. The number of imide groups is 1. The van der Waals surface area contributed by atoms with Crippen molar-refractivity contribution in [2.45, 2.75) is 55.6 Å². The van der Waals surface area contributed by atoms with Gasteiger partial charge in [0.15, 0.2) is 0 Å². The quantitative estimate of drug-likeness (QED) is 0.0804. The Hall–Kier alpha value is -3.45. The zero-order chi connectivity index (χ0) is 37.8. The third-order valence-electron chi connectivity index (χ3n) is 9.72. The number of amides is 2. The average molecular weight is 986 g/mol. The zero-order valence-corrected chi connectivity index (χ0v) is 32.9. The Balaban J connectivity index is 0.000000418. The van der Waals surface area contributed by atoms with Crippen LogP contribution in [0.15, 0.2) is 84.9 Å². The van der Waals surface area contributed by atoms with Crippen LogP contribution in [0.1, 0.15) is 53.9 Å². The molecule has 0 aromatic heterocycles. The first-order chi connectivity index (χ1) is 24.5. The predicted molar refractivity (Wildman–Crippen MR) is 176 cm³/mol. The van der Waals surface area contributed by atoms with Gasteiger partial charge in [0, 0.05) is 30.7 Å². The molecule has 53 heavy (non-hydrogen) atoms. The van der Waals surface area contributed by atoms with Crippen LogP contribution in [0.4, 0.5) is 22.0 Å². The SMILES string of the molecule is O=S(=O)(O)C(F)(F)[CH-]C(F)(F)F.O=[C-]CCC(=O)OC1CC2CC1C1CN(C(=O)Cc3ccccc3C(c3ccccc3)c3ccccc3)C(=O)C21.[U+2]. The second-order valence-corrected chi connectivity index (χ2v) is 14.4. The number of likely N-dealkylation sites (tertiary alicyclic amines) is 1. The first kappa shape index (κ1) is 42.3. The van der Waals surface area contributed by atoms with Gasteiger partial charge in [-0.2, -0.15) is 8.42 Å². The summed E-state index contributed by atoms with van der Waals surface area (Å²) >= 11 is 0. The number of alkyl halides is 5. The Morgan fingerprint density at radius 3 is 2.00 bits per heavy atom. The van der Waals surface area contributed by atoms with Crippen LogP contribution in [-0.2, 0) is 40.5 Å². The topological polar surface area (TPSA) is 135 Å². The minimum atomic E-state index is -6.04. The molecular weight excluding hydrogens is 951 g/mol. The number of carbonyl (C=O) groups excluding carboxylic acids is 4. The van der Waals surface area contributed by atoms with Crippen LogP contribution < -0.4 is 0 Å². The normalized spacial score (nSPS) is 22.1. The zero-order valence-electron chi connectivity index (χ0n) is 27.9. The number of fused-ring (bicyclic) bond motifs is 5. The van der Waals surface area contributed by atoms with Crippen molar-refractivity contribution in [2.75, 3.05) is 6.54 Å². The number of hydrogen-bond acceptors (Lipinski definition) is 7. The Kier molecular flexibility index (Phi) is 13.8. The smallest absolute Gasteiger partial charge is 0.542 e. The molecule has 0 radical (unpaired) electrons. The van der Waals surface area contributed by atoms with E-state index in [2.05, 4.69) is 30.3 Å². The fraction of sp³-hybridized carbons (Fsp3) is 0.378. The molecule has 1 aliphatic heterocycles. The maximum absolute atomic E-state index is 13.7. The third-order valence-corrected chi connectivity index (χ3v) is 10.5. The Bertz CT molecular complexity index is 1840. The molecule has 9 nitrogen and oxygen atoms in total. The second kappa shape index (κ2) is 17.3. The van der Waals surface area contributed by atoms with E-state index in [-0.39, 0.29) is 97.9 Å². The number of benzene rings is 3. The molecule has 6 rings (SSSR count). The average Bonchev–Trinajstić information content (AvgIpc) is 3.76. The van der Waals surface area contributed by atoms with Crippen molar-refractivity contribution in [2.24, 2.45) is 23.7 Å². The van der Waals surface area contributed by atoms with Crippen LogP contribution in [0.3, 0.4) is 0 Å². The summed E-state index contributed by atoms with van der Waals surface area (Å²) < 4.78 is 89.6. The maximum Gasteiger partial charge on any atom is 2.00 e. The van der Waals surface area contributed by atoms with E-state index in [0.29, 0.717) is 13.0 Å². The first-order valence-electron chi connectivity index (χ1n) is 16.4. The van der Waals surface area contributed by atoms with Gasteiger partial charge in [-0.3, -0.25) is 30.1 Å². The van der Waals surface area contributed by atoms with Crippen molar-refractivity contribution in [1.82, 2.24) is 4.90 Å². The largest absolute Gasteiger partial charge is 2.00 e. The van der Waals surface area contributed by atoms with Crippen molar-refractivity contribution >= 4 is 34.2 Å². The van der Waals surface area contributed by atoms with Gasteiger partial charge in [0.05, 0.1) is 6.42 Å². The number of halogens is 5. The minimum Gasteiger partial charge on any atom is -0.542 e. The molecule has 1 heterocycles. The van der Waals surface area contributed by atoms with Crippen LogP contribution in [0, 0.1) is 61.2 Å². The summed E-state index contributed by atoms with van der Waals surface area (Å²) in [6, 6.07) is 28.6. The monoisotopic (exact) mass is 985 g/mol. The van der Waals surface area contributed by atoms with E-state index in [1.54, 1.807) is 6.29 Å². The van der Waals surface area contributed by atoms with E-state index >= 15 is 0 Å². The third kappa shape index (κ3) is 10.0. The van der Waals surface area contributed by atoms with Gasteiger partial charge in [0.1, 0.15) is 6.10 Å². The van der Waals surface area contributed by atoms with Crippen LogP contribution in [0.2, 0.25) is 0 Å². The summed E-state index contributed by atoms with van der Waals surface area (Å²) in [4.78, 5) is 51.3. The van der Waals surface area contributed by atoms with Crippen LogP contribution in [0.5, 0.6) is 0 Å². The number of nitrogens with zero attached hydrogens (tertiary/aromatic N) is 1. The molecule has 2 aliphatic carbocycles. The van der Waals surface area contributed by atoms with Crippen molar-refractivity contribution in [3.8, 4) is 0 Å². The van der Waals surface area contributed by atoms with E-state index in [9.17, 15) is 49.5 Å². The van der Waals surface area contributed by atoms with Crippen molar-refractivity contribution < 1.29 is 90.0 Å². The van der Waals surface area contributed by atoms with E-state index in [1.807, 2.05) is 54.6 Å². The molecule has 5 unspecified atom stereocenters. The summed E-state index contributed by atoms with van der Waals surface area (Å²) in [5.74, 6) is -0.645. The second-order valence-electron chi connectivity index (χ2n) is 13.0. The molecule has 16 heteroatoms. The van der Waals surface area contributed by atoms with Crippen molar-refractivity contribution in [3.63, 3.8) is 0 Å². The Morgan fingerprint density at radius 1 is 0.906 bits per heavy atom. The molecule has 3 aromatic rings. The van der Waals surface area contributed by atoms with Gasteiger partial charge >= 0.3 is 47.2 Å². The minimum absolute atomic E-state index is 0. The van der Waals surface area contributed by atoms with Gasteiger partial charge in [0.25, 0.3) is 11.4 Å². The van der Waals surface area contributed by atoms with E-state index in [0.717, 1.165) is 28.7 Å². The van der Waals surface area contributed by atoms with Crippen LogP contribution >= 0.6 is 0 Å². The van der Waals surface area contributed by atoms with Gasteiger partial charge in [0.2, 0.25) is 11.8 Å². The van der Waals surface area contributed by atoms with Gasteiger partial charge in [-0.25, -0.2) is 22.0 Å². The summed E-state index contributed by atoms with van der Waals surface area (Å²) in [6.07, 6.45) is -4.00. The molecule has 3 aliphatic rings. The molecule has 3 fully saturated rings. The molecule has 0 spiro atoms. The Morgan fingerprint density at radius 2 is 1.47 bits per heavy atom. The number of ether oxygens (including phenoxy) is 1. The van der Waals surface area contributed by atoms with Crippen molar-refractivity contribution in [1.29, 1.82) is 0 Å². The van der Waals surface area contributed by atoms with Crippen LogP contribution in [0.25, 0.3) is 0 Å². The number of esters is 1. The molecule has 2 bridgehead atoms. The number of hydrogen-bond donors (Lipinski definition) is 1. The standard InChI is InChI=1S/C34H32NO5.C3H2F5O3S.U/c36-17-9-16-31(38)40-29-19-25-18-27(29)28-21-35(34(39)33(25)28)30(37)20-24-14-7-8-15-26(24)32(22-10-3-1-4-11-22)23-12-5-2-6-13-23;4-2(5,6)1-3(7,8)12(9,10)11;/h1-8,10-15,25,27-29,32-33H,9,16,18-21H2;1H,(H,9,10,11);/q2*-1;+2. The Labute approximate surface area is 326 Å². The predicted octanol–water partition coefficient (Wildman–Crippen LogP) is 6.09. The van der Waals surface area contributed by atoms with Gasteiger partial charge in [-0.15, -0.1) is 12.8 Å². The molecule has 2 amide bonds. The molecule has 3 aromatic carbocycles. The van der Waals surface area contributed by atoms with Gasteiger partial charge in [-0.05, 0) is 46.9 Å². The maximum atomic E-state index is 13.7. The fourth-order valence-electron chi connectivity index (χ4n) is 7.63. The summed E-state index contributed by atoms with van der Waals surface area (Å²) in [5, 5.41) is -5.30. The van der Waals surface area contributed by atoms with E-state index in [4.69, 9.17) is 9.29 Å². The fourth-order valence-corrected chi connectivity index (χ4v) is 7.91. The van der Waals surface area contributed by atoms with E-state index in [1.165, 1.54) is 4.90 Å². The van der Waals surface area contributed by atoms with Crippen molar-refractivity contribution in [3.05, 3.63) is 114 Å². The number of rotatable bonds is 11. The van der Waals surface area contributed by atoms with E-state index < -0.39 is 33.9 Å². The summed E-state index contributed by atoms with van der Waals surface area (Å²) in [5.41, 5.74) is 4.25. The van der Waals surface area contributed by atoms with Gasteiger partial charge < -0.3 is 9.53 Å². The molecule has 1 saturated heterocycles. The van der Waals surface area contributed by atoms with Gasteiger partial charge in [-0.1, -0.05) is 84.9 Å².